The van der Waals surface area contributed by atoms with Crippen molar-refractivity contribution in [1.82, 2.24) is 13.9 Å². The fourth-order valence-electron chi connectivity index (χ4n) is 4.11. The minimum Gasteiger partial charge on any atom is -0.495 e. The van der Waals surface area contributed by atoms with E-state index in [2.05, 4.69) is 10.2 Å². The second kappa shape index (κ2) is 12.0. The maximum Gasteiger partial charge on any atom is 0.251 e. The third-order valence-corrected chi connectivity index (χ3v) is 10.1. The molecule has 1 saturated heterocycles. The van der Waals surface area contributed by atoms with E-state index in [1.807, 2.05) is 24.3 Å². The summed E-state index contributed by atoms with van der Waals surface area (Å²) in [7, 11) is -5.55. The predicted molar refractivity (Wildman–Crippen MR) is 139 cm³/mol. The van der Waals surface area contributed by atoms with Crippen molar-refractivity contribution in [3.63, 3.8) is 0 Å². The molecule has 198 valence electrons. The molecular formula is C24H34N4O6S2. The van der Waals surface area contributed by atoms with Crippen LogP contribution in [0.15, 0.2) is 53.4 Å². The van der Waals surface area contributed by atoms with Gasteiger partial charge in [-0.05, 0) is 36.4 Å². The van der Waals surface area contributed by atoms with Gasteiger partial charge in [0.1, 0.15) is 5.75 Å². The third-order valence-electron chi connectivity index (χ3n) is 6.16. The average molecular weight is 539 g/mol. The minimum atomic E-state index is -3.61. The summed E-state index contributed by atoms with van der Waals surface area (Å²) < 4.78 is 59.0. The van der Waals surface area contributed by atoms with Gasteiger partial charge in [-0.3, -0.25) is 4.79 Å². The highest BCUT2D eigenvalue weighted by molar-refractivity contribution is 7.89. The van der Waals surface area contributed by atoms with Gasteiger partial charge in [0.05, 0.1) is 23.4 Å². The largest absolute Gasteiger partial charge is 0.495 e. The van der Waals surface area contributed by atoms with E-state index < -0.39 is 26.0 Å². The molecule has 0 unspecified atom stereocenters. The second-order valence-electron chi connectivity index (χ2n) is 8.24. The number of carbonyl (C=O) groups excluding carboxylic acids is 1. The number of piperazine rings is 1. The molecule has 0 radical (unpaired) electrons. The normalized spacial score (nSPS) is 15.2. The first-order valence-corrected chi connectivity index (χ1v) is 14.9. The molecule has 1 fully saturated rings. The van der Waals surface area contributed by atoms with Crippen molar-refractivity contribution in [3.8, 4) is 5.75 Å². The van der Waals surface area contributed by atoms with Crippen LogP contribution in [0.3, 0.4) is 0 Å². The van der Waals surface area contributed by atoms with Crippen LogP contribution in [0.5, 0.6) is 5.75 Å². The number of benzene rings is 2. The first-order chi connectivity index (χ1) is 17.1. The number of ether oxygens (including phenoxy) is 1. The van der Waals surface area contributed by atoms with Gasteiger partial charge >= 0.3 is 0 Å². The zero-order valence-corrected chi connectivity index (χ0v) is 22.5. The molecule has 2 aromatic carbocycles. The molecule has 2 aromatic rings. The first kappa shape index (κ1) is 27.9. The van der Waals surface area contributed by atoms with Gasteiger partial charge in [0.25, 0.3) is 5.91 Å². The van der Waals surface area contributed by atoms with E-state index in [0.29, 0.717) is 39.3 Å². The summed E-state index contributed by atoms with van der Waals surface area (Å²) >= 11 is 0. The summed E-state index contributed by atoms with van der Waals surface area (Å²) in [6, 6.07) is 13.3. The number of anilines is 1. The van der Waals surface area contributed by atoms with Crippen LogP contribution in [0, 0.1) is 0 Å². The van der Waals surface area contributed by atoms with Gasteiger partial charge in [0.2, 0.25) is 20.0 Å². The molecule has 3 rings (SSSR count). The zero-order chi connectivity index (χ0) is 26.3. The summed E-state index contributed by atoms with van der Waals surface area (Å²) in [6.45, 7) is 5.94. The molecular weight excluding hydrogens is 504 g/mol. The lowest BCUT2D eigenvalue weighted by molar-refractivity contribution is 0.0956. The molecule has 0 spiro atoms. The number of methoxy groups -OCH3 is 1. The van der Waals surface area contributed by atoms with Gasteiger partial charge in [-0.15, -0.1) is 0 Å². The van der Waals surface area contributed by atoms with Gasteiger partial charge < -0.3 is 15.0 Å². The standard InChI is InChI=1S/C24H34N4O6S2/c1-4-27(5-2)36(32,33)21-12-10-20(11-13-21)24(29)25-14-19-35(30,31)28-17-15-26(16-18-28)22-8-6-7-9-23(22)34-3/h6-13H,4-5,14-19H2,1-3H3,(H,25,29). The van der Waals surface area contributed by atoms with E-state index in [-0.39, 0.29) is 22.8 Å². The van der Waals surface area contributed by atoms with Crippen molar-refractivity contribution < 1.29 is 26.4 Å². The SMILES string of the molecule is CCN(CC)S(=O)(=O)c1ccc(C(=O)NCCS(=O)(=O)N2CCN(c3ccccc3OC)CC2)cc1. The van der Waals surface area contributed by atoms with Crippen LogP contribution in [-0.4, -0.2) is 90.0 Å². The second-order valence-corrected chi connectivity index (χ2v) is 12.3. The number of para-hydroxylation sites is 2. The summed E-state index contributed by atoms with van der Waals surface area (Å²) in [6.07, 6.45) is 0. The molecule has 12 heteroatoms. The van der Waals surface area contributed by atoms with E-state index in [9.17, 15) is 21.6 Å². The van der Waals surface area contributed by atoms with Crippen LogP contribution >= 0.6 is 0 Å². The summed E-state index contributed by atoms with van der Waals surface area (Å²) in [5, 5.41) is 2.62. The highest BCUT2D eigenvalue weighted by atomic mass is 32.2. The Balaban J connectivity index is 1.52. The maximum atomic E-state index is 12.8. The van der Waals surface area contributed by atoms with Crippen molar-refractivity contribution in [2.24, 2.45) is 0 Å². The Morgan fingerprint density at radius 1 is 0.944 bits per heavy atom. The highest BCUT2D eigenvalue weighted by Gasteiger charge is 2.28. The Bertz CT molecular complexity index is 1240. The number of sulfonamides is 2. The molecule has 1 aliphatic heterocycles. The van der Waals surface area contributed by atoms with Crippen LogP contribution in [0.25, 0.3) is 0 Å². The quantitative estimate of drug-likeness (QED) is 0.462. The van der Waals surface area contributed by atoms with E-state index in [4.69, 9.17) is 4.74 Å². The fraction of sp³-hybridized carbons (Fsp3) is 0.458. The Morgan fingerprint density at radius 3 is 2.14 bits per heavy atom. The number of rotatable bonds is 11. The van der Waals surface area contributed by atoms with Crippen molar-refractivity contribution in [3.05, 3.63) is 54.1 Å². The fourth-order valence-corrected chi connectivity index (χ4v) is 6.91. The van der Waals surface area contributed by atoms with Gasteiger partial charge in [-0.2, -0.15) is 8.61 Å². The van der Waals surface area contributed by atoms with Crippen molar-refractivity contribution >= 4 is 31.6 Å². The number of nitrogens with one attached hydrogen (secondary N) is 1. The molecule has 0 aromatic heterocycles. The Hall–Kier alpha value is -2.67. The van der Waals surface area contributed by atoms with Crippen LogP contribution in [0.1, 0.15) is 24.2 Å². The molecule has 1 amide bonds. The highest BCUT2D eigenvalue weighted by Crippen LogP contribution is 2.28. The number of nitrogens with zero attached hydrogens (tertiary/aromatic N) is 3. The Morgan fingerprint density at radius 2 is 1.56 bits per heavy atom. The minimum absolute atomic E-state index is 0.0482. The number of hydrogen-bond donors (Lipinski definition) is 1. The summed E-state index contributed by atoms with van der Waals surface area (Å²) in [5.41, 5.74) is 1.19. The zero-order valence-electron chi connectivity index (χ0n) is 20.9. The molecule has 10 nitrogen and oxygen atoms in total. The van der Waals surface area contributed by atoms with E-state index in [1.54, 1.807) is 21.0 Å². The lowest BCUT2D eigenvalue weighted by Gasteiger charge is -2.36. The molecule has 36 heavy (non-hydrogen) atoms. The van der Waals surface area contributed by atoms with Gasteiger partial charge in [0, 0.05) is 51.4 Å². The monoisotopic (exact) mass is 538 g/mol. The van der Waals surface area contributed by atoms with E-state index in [0.717, 1.165) is 11.4 Å². The lowest BCUT2D eigenvalue weighted by Crippen LogP contribution is -2.50. The van der Waals surface area contributed by atoms with Gasteiger partial charge in [0.15, 0.2) is 0 Å². The molecule has 0 saturated carbocycles. The Labute approximate surface area is 213 Å². The summed E-state index contributed by atoms with van der Waals surface area (Å²) in [5.74, 6) is 0.0649. The molecule has 1 N–H and O–H groups in total. The maximum absolute atomic E-state index is 12.8. The smallest absolute Gasteiger partial charge is 0.251 e. The number of carbonyl (C=O) groups is 1. The van der Waals surface area contributed by atoms with Crippen molar-refractivity contribution in [2.45, 2.75) is 18.7 Å². The Kier molecular flexibility index (Phi) is 9.34. The van der Waals surface area contributed by atoms with Crippen molar-refractivity contribution in [1.29, 1.82) is 0 Å². The number of amides is 1. The lowest BCUT2D eigenvalue weighted by atomic mass is 10.2. The van der Waals surface area contributed by atoms with Crippen LogP contribution in [-0.2, 0) is 20.0 Å². The molecule has 1 heterocycles. The van der Waals surface area contributed by atoms with E-state index >= 15 is 0 Å². The molecule has 1 aliphatic rings. The number of hydrogen-bond acceptors (Lipinski definition) is 7. The molecule has 0 bridgehead atoms. The summed E-state index contributed by atoms with van der Waals surface area (Å²) in [4.78, 5) is 14.7. The average Bonchev–Trinajstić information content (AvgIpc) is 2.89. The third kappa shape index (κ3) is 6.36. The molecule has 0 atom stereocenters. The van der Waals surface area contributed by atoms with Crippen LogP contribution < -0.4 is 15.0 Å². The first-order valence-electron chi connectivity index (χ1n) is 11.9. The van der Waals surface area contributed by atoms with Crippen LogP contribution in [0.4, 0.5) is 5.69 Å². The topological polar surface area (TPSA) is 116 Å². The predicted octanol–water partition coefficient (Wildman–Crippen LogP) is 1.61. The van der Waals surface area contributed by atoms with Crippen molar-refractivity contribution in [2.75, 3.05) is 63.6 Å². The van der Waals surface area contributed by atoms with Crippen LogP contribution in [0.2, 0.25) is 0 Å². The van der Waals surface area contributed by atoms with E-state index in [1.165, 1.54) is 32.9 Å². The molecule has 0 aliphatic carbocycles. The van der Waals surface area contributed by atoms with Gasteiger partial charge in [-0.1, -0.05) is 26.0 Å². The van der Waals surface area contributed by atoms with Gasteiger partial charge in [-0.25, -0.2) is 16.8 Å².